The molecule has 23 heavy (non-hydrogen) atoms. The van der Waals surface area contributed by atoms with Crippen molar-refractivity contribution in [1.82, 2.24) is 5.32 Å². The van der Waals surface area contributed by atoms with Crippen molar-refractivity contribution in [3.8, 4) is 0 Å². The maximum atomic E-state index is 6.33. The maximum absolute atomic E-state index is 6.33. The largest absolute Gasteiger partial charge is 0.402 e. The molecule has 0 amide bonds. The number of nitrogens with one attached hydrogen (secondary N) is 1. The van der Waals surface area contributed by atoms with Crippen LogP contribution in [0.1, 0.15) is 38.2 Å². The van der Waals surface area contributed by atoms with Gasteiger partial charge in [-0.25, -0.2) is 0 Å². The van der Waals surface area contributed by atoms with Gasteiger partial charge in [-0.05, 0) is 56.4 Å². The summed E-state index contributed by atoms with van der Waals surface area (Å²) in [7, 11) is 0. The summed E-state index contributed by atoms with van der Waals surface area (Å²) in [6.07, 6.45) is 6.27. The molecule has 1 saturated heterocycles. The lowest BCUT2D eigenvalue weighted by Gasteiger charge is -2.12. The predicted octanol–water partition coefficient (Wildman–Crippen LogP) is 2.77. The van der Waals surface area contributed by atoms with Gasteiger partial charge in [0.15, 0.2) is 0 Å². The van der Waals surface area contributed by atoms with Gasteiger partial charge >= 0.3 is 0 Å². The van der Waals surface area contributed by atoms with Crippen LogP contribution in [0.3, 0.4) is 0 Å². The Morgan fingerprint density at radius 1 is 1.30 bits per heavy atom. The van der Waals surface area contributed by atoms with Gasteiger partial charge in [0.05, 0.1) is 6.61 Å². The van der Waals surface area contributed by atoms with Crippen molar-refractivity contribution in [2.24, 2.45) is 11.5 Å². The maximum Gasteiger partial charge on any atom is 0.0619 e. The van der Waals surface area contributed by atoms with Gasteiger partial charge in [-0.2, -0.15) is 0 Å². The monoisotopic (exact) mass is 315 g/mol. The molecule has 0 aliphatic carbocycles. The van der Waals surface area contributed by atoms with Crippen molar-refractivity contribution in [2.75, 3.05) is 19.8 Å². The summed E-state index contributed by atoms with van der Waals surface area (Å²) < 4.78 is 5.78. The Hall–Kier alpha value is -1.78. The van der Waals surface area contributed by atoms with E-state index in [1.54, 1.807) is 0 Å². The van der Waals surface area contributed by atoms with Crippen molar-refractivity contribution in [3.63, 3.8) is 0 Å². The number of hydrogen-bond donors (Lipinski definition) is 3. The third kappa shape index (κ3) is 6.08. The standard InChI is InChI=1S/C19H29N3O/c1-15(20)13-17(19(21)16-7-3-2-4-8-16)9-6-12-23-14-18-10-5-11-22-18/h2-4,7-8,13,18,22H,5-6,9-12,14,20-21H2,1H3/b15-13-,19-17-. The molecule has 0 aromatic heterocycles. The van der Waals surface area contributed by atoms with Crippen molar-refractivity contribution < 1.29 is 4.74 Å². The molecule has 0 bridgehead atoms. The van der Waals surface area contributed by atoms with Crippen LogP contribution in [-0.4, -0.2) is 25.8 Å². The Balaban J connectivity index is 1.87. The van der Waals surface area contributed by atoms with Crippen LogP contribution in [0.5, 0.6) is 0 Å². The first-order valence-corrected chi connectivity index (χ1v) is 8.46. The zero-order valence-electron chi connectivity index (χ0n) is 14.1. The molecule has 0 spiro atoms. The van der Waals surface area contributed by atoms with Crippen LogP contribution >= 0.6 is 0 Å². The molecular formula is C19H29N3O. The van der Waals surface area contributed by atoms with Crippen LogP contribution in [0.4, 0.5) is 0 Å². The Morgan fingerprint density at radius 3 is 2.74 bits per heavy atom. The highest BCUT2D eigenvalue weighted by atomic mass is 16.5. The average molecular weight is 315 g/mol. The summed E-state index contributed by atoms with van der Waals surface area (Å²) in [5.41, 5.74) is 15.9. The van der Waals surface area contributed by atoms with E-state index >= 15 is 0 Å². The molecule has 1 aromatic carbocycles. The van der Waals surface area contributed by atoms with Gasteiger partial charge in [-0.1, -0.05) is 30.3 Å². The summed E-state index contributed by atoms with van der Waals surface area (Å²) in [6.45, 7) is 4.57. The van der Waals surface area contributed by atoms with E-state index in [4.69, 9.17) is 16.2 Å². The minimum Gasteiger partial charge on any atom is -0.402 e. The molecule has 1 aliphatic rings. The van der Waals surface area contributed by atoms with Crippen LogP contribution in [0.2, 0.25) is 0 Å². The zero-order chi connectivity index (χ0) is 16.5. The van der Waals surface area contributed by atoms with Gasteiger partial charge in [0, 0.05) is 24.0 Å². The third-order valence-electron chi connectivity index (χ3n) is 4.05. The van der Waals surface area contributed by atoms with Crippen LogP contribution in [-0.2, 0) is 4.74 Å². The predicted molar refractivity (Wildman–Crippen MR) is 96.6 cm³/mol. The smallest absolute Gasteiger partial charge is 0.0619 e. The number of nitrogens with two attached hydrogens (primary N) is 2. The second-order valence-electron chi connectivity index (χ2n) is 6.17. The second-order valence-corrected chi connectivity index (χ2v) is 6.17. The molecule has 1 unspecified atom stereocenters. The molecule has 0 radical (unpaired) electrons. The highest BCUT2D eigenvalue weighted by molar-refractivity contribution is 5.68. The van der Waals surface area contributed by atoms with Crippen molar-refractivity contribution in [2.45, 2.75) is 38.6 Å². The molecular weight excluding hydrogens is 286 g/mol. The Morgan fingerprint density at radius 2 is 2.09 bits per heavy atom. The molecule has 0 saturated carbocycles. The molecule has 1 fully saturated rings. The first kappa shape index (κ1) is 17.6. The second kappa shape index (κ2) is 9.38. The normalized spacial score (nSPS) is 19.7. The number of ether oxygens (including phenoxy) is 1. The zero-order valence-corrected chi connectivity index (χ0v) is 14.1. The highest BCUT2D eigenvalue weighted by Gasteiger charge is 2.13. The van der Waals surface area contributed by atoms with Gasteiger partial charge in [-0.3, -0.25) is 0 Å². The SMILES string of the molecule is C/C(N)=C/C(CCCOCC1CCCN1)=C(\N)c1ccccc1. The van der Waals surface area contributed by atoms with E-state index < -0.39 is 0 Å². The van der Waals surface area contributed by atoms with Gasteiger partial charge in [0.25, 0.3) is 0 Å². The van der Waals surface area contributed by atoms with Crippen molar-refractivity contribution in [3.05, 3.63) is 53.2 Å². The molecule has 2 rings (SSSR count). The fourth-order valence-corrected chi connectivity index (χ4v) is 2.85. The molecule has 1 aromatic rings. The van der Waals surface area contributed by atoms with E-state index in [2.05, 4.69) is 5.32 Å². The van der Waals surface area contributed by atoms with E-state index in [-0.39, 0.29) is 0 Å². The van der Waals surface area contributed by atoms with E-state index in [1.165, 1.54) is 12.8 Å². The summed E-state index contributed by atoms with van der Waals surface area (Å²) in [5, 5.41) is 3.44. The van der Waals surface area contributed by atoms with Gasteiger partial charge in [0.2, 0.25) is 0 Å². The lowest BCUT2D eigenvalue weighted by atomic mass is 10.0. The lowest BCUT2D eigenvalue weighted by molar-refractivity contribution is 0.114. The molecule has 4 nitrogen and oxygen atoms in total. The topological polar surface area (TPSA) is 73.3 Å². The fraction of sp³-hybridized carbons (Fsp3) is 0.474. The number of benzene rings is 1. The third-order valence-corrected chi connectivity index (χ3v) is 4.05. The summed E-state index contributed by atoms with van der Waals surface area (Å²) in [5.74, 6) is 0. The van der Waals surface area contributed by atoms with E-state index in [0.29, 0.717) is 6.04 Å². The van der Waals surface area contributed by atoms with Crippen molar-refractivity contribution >= 4 is 5.70 Å². The fourth-order valence-electron chi connectivity index (χ4n) is 2.85. The van der Waals surface area contributed by atoms with Crippen LogP contribution < -0.4 is 16.8 Å². The molecule has 1 heterocycles. The number of hydrogen-bond acceptors (Lipinski definition) is 4. The van der Waals surface area contributed by atoms with E-state index in [0.717, 1.165) is 55.1 Å². The average Bonchev–Trinajstić information content (AvgIpc) is 3.06. The summed E-state index contributed by atoms with van der Waals surface area (Å²) in [4.78, 5) is 0. The summed E-state index contributed by atoms with van der Waals surface area (Å²) in [6, 6.07) is 10.6. The van der Waals surface area contributed by atoms with Gasteiger partial charge in [-0.15, -0.1) is 0 Å². The first-order chi connectivity index (χ1) is 11.2. The van der Waals surface area contributed by atoms with Crippen LogP contribution in [0.15, 0.2) is 47.7 Å². The minimum absolute atomic E-state index is 0.533. The Kier molecular flexibility index (Phi) is 7.17. The quantitative estimate of drug-likeness (QED) is 0.509. The van der Waals surface area contributed by atoms with Crippen LogP contribution in [0, 0.1) is 0 Å². The lowest BCUT2D eigenvalue weighted by Crippen LogP contribution is -2.26. The molecule has 4 heteroatoms. The molecule has 5 N–H and O–H groups in total. The van der Waals surface area contributed by atoms with Gasteiger partial charge < -0.3 is 21.5 Å². The van der Waals surface area contributed by atoms with E-state index in [9.17, 15) is 0 Å². The number of allylic oxidation sites excluding steroid dienone is 3. The van der Waals surface area contributed by atoms with Crippen molar-refractivity contribution in [1.29, 1.82) is 0 Å². The highest BCUT2D eigenvalue weighted by Crippen LogP contribution is 2.19. The number of rotatable bonds is 8. The molecule has 1 atom stereocenters. The Labute approximate surface area is 139 Å². The van der Waals surface area contributed by atoms with Gasteiger partial charge in [0.1, 0.15) is 0 Å². The van der Waals surface area contributed by atoms with Crippen LogP contribution in [0.25, 0.3) is 5.70 Å². The summed E-state index contributed by atoms with van der Waals surface area (Å²) >= 11 is 0. The molecule has 126 valence electrons. The first-order valence-electron chi connectivity index (χ1n) is 8.46. The Bertz CT molecular complexity index is 527. The molecule has 1 aliphatic heterocycles. The minimum atomic E-state index is 0.533. The van der Waals surface area contributed by atoms with E-state index in [1.807, 2.05) is 43.3 Å².